The van der Waals surface area contributed by atoms with Crippen molar-refractivity contribution in [3.05, 3.63) is 67.5 Å². The van der Waals surface area contributed by atoms with Crippen LogP contribution in [0, 0.1) is 0 Å². The lowest BCUT2D eigenvalue weighted by Crippen LogP contribution is -2.18. The second kappa shape index (κ2) is 5.67. The van der Waals surface area contributed by atoms with Crippen molar-refractivity contribution in [1.82, 2.24) is 15.3 Å². The highest BCUT2D eigenvalue weighted by Crippen LogP contribution is 2.31. The van der Waals surface area contributed by atoms with E-state index in [0.717, 1.165) is 26.6 Å². The maximum absolute atomic E-state index is 11.4. The van der Waals surface area contributed by atoms with E-state index in [0.29, 0.717) is 5.02 Å². The lowest BCUT2D eigenvalue weighted by atomic mass is 9.98. The highest BCUT2D eigenvalue weighted by atomic mass is 79.9. The predicted molar refractivity (Wildman–Crippen MR) is 89.0 cm³/mol. The Morgan fingerprint density at radius 2 is 1.76 bits per heavy atom. The van der Waals surface area contributed by atoms with Crippen LogP contribution in [0.1, 0.15) is 17.2 Å². The summed E-state index contributed by atoms with van der Waals surface area (Å²) < 4.78 is 0.930. The van der Waals surface area contributed by atoms with Crippen LogP contribution in [0.4, 0.5) is 0 Å². The largest absolute Gasteiger partial charge is 0.323 e. The summed E-state index contributed by atoms with van der Waals surface area (Å²) in [4.78, 5) is 16.9. The van der Waals surface area contributed by atoms with E-state index in [1.54, 1.807) is 0 Å². The summed E-state index contributed by atoms with van der Waals surface area (Å²) in [6.45, 7) is 0. The van der Waals surface area contributed by atoms with Crippen molar-refractivity contribution in [1.29, 1.82) is 0 Å². The van der Waals surface area contributed by atoms with Crippen molar-refractivity contribution in [2.75, 3.05) is 7.05 Å². The lowest BCUT2D eigenvalue weighted by Gasteiger charge is -2.19. The zero-order valence-corrected chi connectivity index (χ0v) is 13.5. The summed E-state index contributed by atoms with van der Waals surface area (Å²) in [6.07, 6.45) is 0. The molecule has 4 nitrogen and oxygen atoms in total. The molecule has 21 heavy (non-hydrogen) atoms. The molecule has 1 heterocycles. The van der Waals surface area contributed by atoms with Crippen LogP contribution in [-0.4, -0.2) is 17.0 Å². The summed E-state index contributed by atoms with van der Waals surface area (Å²) in [6, 6.07) is 11.6. The third kappa shape index (κ3) is 2.77. The fraction of sp³-hybridized carbons (Fsp3) is 0.133. The van der Waals surface area contributed by atoms with Crippen LogP contribution >= 0.6 is 27.5 Å². The molecular formula is C15H13BrClN3O. The molecule has 1 atom stereocenters. The maximum atomic E-state index is 11.4. The number of fused-ring (bicyclic) bond motifs is 1. The van der Waals surface area contributed by atoms with Crippen molar-refractivity contribution < 1.29 is 0 Å². The van der Waals surface area contributed by atoms with Crippen molar-refractivity contribution in [3.8, 4) is 0 Å². The number of hydrogen-bond donors (Lipinski definition) is 3. The van der Waals surface area contributed by atoms with Crippen molar-refractivity contribution in [2.45, 2.75) is 6.04 Å². The molecule has 0 amide bonds. The number of rotatable bonds is 3. The fourth-order valence-electron chi connectivity index (χ4n) is 2.45. The van der Waals surface area contributed by atoms with Crippen LogP contribution in [0.25, 0.3) is 11.0 Å². The van der Waals surface area contributed by atoms with Crippen LogP contribution in [0.15, 0.2) is 45.7 Å². The second-order valence-corrected chi connectivity index (χ2v) is 6.06. The summed E-state index contributed by atoms with van der Waals surface area (Å²) in [5.41, 5.74) is 3.50. The topological polar surface area (TPSA) is 60.7 Å². The third-order valence-corrected chi connectivity index (χ3v) is 4.37. The minimum absolute atomic E-state index is 0.000515. The summed E-state index contributed by atoms with van der Waals surface area (Å²) in [5, 5.41) is 4.00. The maximum Gasteiger partial charge on any atom is 0.323 e. The smallest absolute Gasteiger partial charge is 0.309 e. The monoisotopic (exact) mass is 365 g/mol. The molecule has 108 valence electrons. The van der Waals surface area contributed by atoms with Gasteiger partial charge in [-0.3, -0.25) is 0 Å². The Bertz CT molecular complexity index is 838. The van der Waals surface area contributed by atoms with Gasteiger partial charge >= 0.3 is 5.69 Å². The highest BCUT2D eigenvalue weighted by molar-refractivity contribution is 9.10. The number of halogens is 2. The van der Waals surface area contributed by atoms with E-state index >= 15 is 0 Å². The molecule has 0 aliphatic carbocycles. The van der Waals surface area contributed by atoms with E-state index in [1.807, 2.05) is 43.4 Å². The SMILES string of the molecule is CNC(c1ccc(Cl)cc1)c1cc2[nH]c(=O)[nH]c2cc1Br. The average molecular weight is 367 g/mol. The van der Waals surface area contributed by atoms with Gasteiger partial charge in [-0.05, 0) is 42.4 Å². The number of aromatic amines is 2. The van der Waals surface area contributed by atoms with Gasteiger partial charge in [-0.25, -0.2) is 4.79 Å². The van der Waals surface area contributed by atoms with Gasteiger partial charge in [-0.1, -0.05) is 39.7 Å². The quantitative estimate of drug-likeness (QED) is 0.663. The van der Waals surface area contributed by atoms with Gasteiger partial charge in [0, 0.05) is 9.50 Å². The Morgan fingerprint density at radius 1 is 1.14 bits per heavy atom. The molecule has 3 N–H and O–H groups in total. The Kier molecular flexibility index (Phi) is 3.89. The van der Waals surface area contributed by atoms with Gasteiger partial charge < -0.3 is 15.3 Å². The lowest BCUT2D eigenvalue weighted by molar-refractivity contribution is 0.690. The van der Waals surface area contributed by atoms with Crippen molar-refractivity contribution in [3.63, 3.8) is 0 Å². The molecule has 0 aliphatic rings. The fourth-order valence-corrected chi connectivity index (χ4v) is 3.15. The van der Waals surface area contributed by atoms with E-state index in [-0.39, 0.29) is 11.7 Å². The van der Waals surface area contributed by atoms with Gasteiger partial charge in [-0.2, -0.15) is 0 Å². The Hall–Kier alpha value is -1.56. The zero-order valence-electron chi connectivity index (χ0n) is 11.2. The molecule has 0 fully saturated rings. The Labute approximate surface area is 134 Å². The van der Waals surface area contributed by atoms with Crippen LogP contribution in [0.5, 0.6) is 0 Å². The van der Waals surface area contributed by atoms with Crippen LogP contribution in [0.2, 0.25) is 5.02 Å². The molecule has 3 rings (SSSR count). The second-order valence-electron chi connectivity index (χ2n) is 4.77. The average Bonchev–Trinajstić information content (AvgIpc) is 2.81. The predicted octanol–water partition coefficient (Wildman–Crippen LogP) is 3.58. The van der Waals surface area contributed by atoms with E-state index in [9.17, 15) is 4.79 Å². The van der Waals surface area contributed by atoms with E-state index in [1.165, 1.54) is 0 Å². The standard InChI is InChI=1S/C15H13BrClN3O/c1-18-14(8-2-4-9(17)5-3-8)10-6-12-13(7-11(10)16)20-15(21)19-12/h2-7,14,18H,1H3,(H2,19,20,21). The first-order chi connectivity index (χ1) is 10.1. The third-order valence-electron chi connectivity index (χ3n) is 3.44. The number of imidazole rings is 1. The molecule has 0 saturated heterocycles. The Morgan fingerprint density at radius 3 is 2.38 bits per heavy atom. The van der Waals surface area contributed by atoms with Gasteiger partial charge in [0.25, 0.3) is 0 Å². The minimum Gasteiger partial charge on any atom is -0.309 e. The first-order valence-corrected chi connectivity index (χ1v) is 7.60. The van der Waals surface area contributed by atoms with Crippen LogP contribution < -0.4 is 11.0 Å². The van der Waals surface area contributed by atoms with Gasteiger partial charge in [0.1, 0.15) is 0 Å². The number of H-pyrrole nitrogens is 2. The molecule has 1 unspecified atom stereocenters. The number of hydrogen-bond acceptors (Lipinski definition) is 2. The molecule has 0 bridgehead atoms. The summed E-state index contributed by atoms with van der Waals surface area (Å²) >= 11 is 9.52. The molecule has 0 spiro atoms. The zero-order chi connectivity index (χ0) is 15.0. The van der Waals surface area contributed by atoms with Crippen molar-refractivity contribution in [2.24, 2.45) is 0 Å². The molecule has 0 aliphatic heterocycles. The van der Waals surface area contributed by atoms with Crippen molar-refractivity contribution >= 4 is 38.6 Å². The first kappa shape index (κ1) is 14.4. The summed E-state index contributed by atoms with van der Waals surface area (Å²) in [7, 11) is 1.90. The van der Waals surface area contributed by atoms with Crippen LogP contribution in [-0.2, 0) is 0 Å². The number of benzene rings is 2. The van der Waals surface area contributed by atoms with Gasteiger partial charge in [-0.15, -0.1) is 0 Å². The first-order valence-electron chi connectivity index (χ1n) is 6.42. The molecule has 6 heteroatoms. The van der Waals surface area contributed by atoms with E-state index in [4.69, 9.17) is 11.6 Å². The molecule has 0 saturated carbocycles. The van der Waals surface area contributed by atoms with Gasteiger partial charge in [0.15, 0.2) is 0 Å². The molecule has 0 radical (unpaired) electrons. The summed E-state index contributed by atoms with van der Waals surface area (Å²) in [5.74, 6) is 0. The molecule has 1 aromatic heterocycles. The van der Waals surface area contributed by atoms with E-state index < -0.39 is 0 Å². The molecular weight excluding hydrogens is 354 g/mol. The van der Waals surface area contributed by atoms with Gasteiger partial charge in [0.2, 0.25) is 0 Å². The minimum atomic E-state index is -0.207. The Balaban J connectivity index is 2.13. The highest BCUT2D eigenvalue weighted by Gasteiger charge is 2.16. The van der Waals surface area contributed by atoms with Gasteiger partial charge in [0.05, 0.1) is 17.1 Å². The molecule has 3 aromatic rings. The van der Waals surface area contributed by atoms with E-state index in [2.05, 4.69) is 31.2 Å². The molecule has 2 aromatic carbocycles. The van der Waals surface area contributed by atoms with Crippen LogP contribution in [0.3, 0.4) is 0 Å². The normalized spacial score (nSPS) is 12.7. The number of nitrogens with one attached hydrogen (secondary N) is 3. The number of aromatic nitrogens is 2.